The molecule has 0 spiro atoms. The molecule has 0 aliphatic rings. The Morgan fingerprint density at radius 1 is 1.33 bits per heavy atom. The molecule has 110 valence electrons. The molecule has 21 heavy (non-hydrogen) atoms. The molecule has 3 nitrogen and oxygen atoms in total. The van der Waals surface area contributed by atoms with Crippen molar-refractivity contribution in [3.8, 4) is 5.75 Å². The molecular formula is C16H17BrN2OS. The number of hydrogen-bond acceptors (Lipinski definition) is 3. The van der Waals surface area contributed by atoms with Crippen molar-refractivity contribution in [2.24, 2.45) is 5.73 Å². The van der Waals surface area contributed by atoms with Gasteiger partial charge in [-0.15, -0.1) is 0 Å². The van der Waals surface area contributed by atoms with Gasteiger partial charge in [-0.1, -0.05) is 42.0 Å². The molecular weight excluding hydrogens is 348 g/mol. The minimum absolute atomic E-state index is 0.295. The summed E-state index contributed by atoms with van der Waals surface area (Å²) in [6, 6.07) is 9.81. The zero-order valence-corrected chi connectivity index (χ0v) is 14.4. The molecule has 2 N–H and O–H groups in total. The summed E-state index contributed by atoms with van der Waals surface area (Å²) in [6.07, 6.45) is 1.69. The summed E-state index contributed by atoms with van der Waals surface area (Å²) in [5, 5.41) is 0. The molecule has 0 radical (unpaired) electrons. The molecule has 0 aliphatic carbocycles. The van der Waals surface area contributed by atoms with Gasteiger partial charge in [-0.3, -0.25) is 4.98 Å². The Balaban J connectivity index is 2.16. The van der Waals surface area contributed by atoms with Crippen LogP contribution in [-0.2, 0) is 6.61 Å². The van der Waals surface area contributed by atoms with Crippen LogP contribution in [0.4, 0.5) is 0 Å². The predicted molar refractivity (Wildman–Crippen MR) is 92.7 cm³/mol. The summed E-state index contributed by atoms with van der Waals surface area (Å²) in [5.41, 5.74) is 8.38. The van der Waals surface area contributed by atoms with Gasteiger partial charge in [-0.2, -0.15) is 0 Å². The van der Waals surface area contributed by atoms with Crippen molar-refractivity contribution in [3.05, 3.63) is 57.8 Å². The molecule has 0 unspecified atom stereocenters. The Bertz CT molecular complexity index is 658. The minimum Gasteiger partial charge on any atom is -0.489 e. The van der Waals surface area contributed by atoms with Crippen LogP contribution in [0.1, 0.15) is 36.6 Å². The van der Waals surface area contributed by atoms with E-state index >= 15 is 0 Å². The van der Waals surface area contributed by atoms with E-state index < -0.39 is 0 Å². The monoisotopic (exact) mass is 364 g/mol. The lowest BCUT2D eigenvalue weighted by Gasteiger charge is -2.14. The zero-order chi connectivity index (χ0) is 15.4. The molecule has 0 amide bonds. The van der Waals surface area contributed by atoms with Crippen LogP contribution in [0.3, 0.4) is 0 Å². The van der Waals surface area contributed by atoms with Gasteiger partial charge in [0.1, 0.15) is 17.3 Å². The summed E-state index contributed by atoms with van der Waals surface area (Å²) in [5.74, 6) is 1.28. The summed E-state index contributed by atoms with van der Waals surface area (Å²) >= 11 is 8.43. The second kappa shape index (κ2) is 7.00. The number of nitrogens with zero attached hydrogens (tertiary/aromatic N) is 1. The molecule has 0 saturated heterocycles. The van der Waals surface area contributed by atoms with E-state index in [-0.39, 0.29) is 0 Å². The van der Waals surface area contributed by atoms with Gasteiger partial charge in [-0.05, 0) is 47.4 Å². The minimum atomic E-state index is 0.295. The number of ether oxygens (including phenoxy) is 1. The third-order valence-electron chi connectivity index (χ3n) is 3.06. The van der Waals surface area contributed by atoms with Crippen LogP contribution < -0.4 is 10.5 Å². The second-order valence-electron chi connectivity index (χ2n) is 5.04. The number of aromatic nitrogens is 1. The van der Waals surface area contributed by atoms with Crippen molar-refractivity contribution in [2.45, 2.75) is 26.4 Å². The standard InChI is InChI=1S/C16H17BrN2OS/c1-10(2)13-8-12(17)3-4-15(13)20-9-11-5-6-19-14(7-11)16(18)21/h3-8,10H,9H2,1-2H3,(H2,18,21). The molecule has 5 heteroatoms. The van der Waals surface area contributed by atoms with Crippen LogP contribution in [0.15, 0.2) is 41.0 Å². The van der Waals surface area contributed by atoms with E-state index in [1.165, 1.54) is 5.56 Å². The van der Waals surface area contributed by atoms with E-state index in [4.69, 9.17) is 22.7 Å². The molecule has 2 rings (SSSR count). The number of thiocarbonyl (C=S) groups is 1. The SMILES string of the molecule is CC(C)c1cc(Br)ccc1OCc1ccnc(C(N)=S)c1. The number of benzene rings is 1. The molecule has 1 aromatic carbocycles. The third kappa shape index (κ3) is 4.25. The second-order valence-corrected chi connectivity index (χ2v) is 6.39. The van der Waals surface area contributed by atoms with Crippen LogP contribution >= 0.6 is 28.1 Å². The van der Waals surface area contributed by atoms with E-state index in [9.17, 15) is 0 Å². The van der Waals surface area contributed by atoms with Crippen LogP contribution in [0.5, 0.6) is 5.75 Å². The lowest BCUT2D eigenvalue weighted by molar-refractivity contribution is 0.301. The van der Waals surface area contributed by atoms with Crippen LogP contribution in [0.25, 0.3) is 0 Å². The molecule has 0 fully saturated rings. The lowest BCUT2D eigenvalue weighted by atomic mass is 10.0. The Kier molecular flexibility index (Phi) is 5.31. The first-order valence-corrected chi connectivity index (χ1v) is 7.84. The Hall–Kier alpha value is -1.46. The average molecular weight is 365 g/mol. The van der Waals surface area contributed by atoms with Gasteiger partial charge in [0.05, 0.1) is 5.69 Å². The highest BCUT2D eigenvalue weighted by Crippen LogP contribution is 2.30. The van der Waals surface area contributed by atoms with Crippen molar-refractivity contribution in [1.29, 1.82) is 0 Å². The Morgan fingerprint density at radius 2 is 2.10 bits per heavy atom. The molecule has 0 saturated carbocycles. The zero-order valence-electron chi connectivity index (χ0n) is 12.0. The van der Waals surface area contributed by atoms with Crippen molar-refractivity contribution in [3.63, 3.8) is 0 Å². The maximum Gasteiger partial charge on any atom is 0.123 e. The molecule has 0 bridgehead atoms. The molecule has 2 aromatic rings. The average Bonchev–Trinajstić information content (AvgIpc) is 2.46. The summed E-state index contributed by atoms with van der Waals surface area (Å²) < 4.78 is 7.00. The smallest absolute Gasteiger partial charge is 0.123 e. The number of hydrogen-bond donors (Lipinski definition) is 1. The first kappa shape index (κ1) is 15.9. The topological polar surface area (TPSA) is 48.1 Å². The van der Waals surface area contributed by atoms with Gasteiger partial charge in [-0.25, -0.2) is 0 Å². The van der Waals surface area contributed by atoms with Crippen molar-refractivity contribution < 1.29 is 4.74 Å². The van der Waals surface area contributed by atoms with Crippen molar-refractivity contribution >= 4 is 33.1 Å². The third-order valence-corrected chi connectivity index (χ3v) is 3.77. The van der Waals surface area contributed by atoms with Gasteiger partial charge in [0.15, 0.2) is 0 Å². The first-order chi connectivity index (χ1) is 9.97. The largest absolute Gasteiger partial charge is 0.489 e. The fraction of sp³-hybridized carbons (Fsp3) is 0.250. The van der Waals surface area contributed by atoms with E-state index in [0.717, 1.165) is 15.8 Å². The van der Waals surface area contributed by atoms with E-state index in [1.54, 1.807) is 6.20 Å². The predicted octanol–water partition coefficient (Wildman–Crippen LogP) is 4.18. The highest BCUT2D eigenvalue weighted by atomic mass is 79.9. The maximum atomic E-state index is 5.94. The van der Waals surface area contributed by atoms with Gasteiger partial charge in [0.25, 0.3) is 0 Å². The van der Waals surface area contributed by atoms with Crippen molar-refractivity contribution in [1.82, 2.24) is 4.98 Å². The highest BCUT2D eigenvalue weighted by Gasteiger charge is 2.09. The highest BCUT2D eigenvalue weighted by molar-refractivity contribution is 9.10. The molecule has 1 heterocycles. The molecule has 0 atom stereocenters. The number of rotatable bonds is 5. The van der Waals surface area contributed by atoms with E-state index in [1.807, 2.05) is 24.3 Å². The van der Waals surface area contributed by atoms with E-state index in [2.05, 4.69) is 40.8 Å². The normalized spacial score (nSPS) is 10.7. The lowest BCUT2D eigenvalue weighted by Crippen LogP contribution is -2.12. The molecule has 0 aliphatic heterocycles. The van der Waals surface area contributed by atoms with Crippen LogP contribution in [0, 0.1) is 0 Å². The first-order valence-electron chi connectivity index (χ1n) is 6.64. The number of halogens is 1. The van der Waals surface area contributed by atoms with Gasteiger partial charge < -0.3 is 10.5 Å². The van der Waals surface area contributed by atoms with Gasteiger partial charge in [0.2, 0.25) is 0 Å². The summed E-state index contributed by atoms with van der Waals surface area (Å²) in [7, 11) is 0. The van der Waals surface area contributed by atoms with Crippen LogP contribution in [-0.4, -0.2) is 9.97 Å². The van der Waals surface area contributed by atoms with Crippen LogP contribution in [0.2, 0.25) is 0 Å². The van der Waals surface area contributed by atoms with Gasteiger partial charge >= 0.3 is 0 Å². The Morgan fingerprint density at radius 3 is 2.76 bits per heavy atom. The van der Waals surface area contributed by atoms with E-state index in [0.29, 0.717) is 23.2 Å². The fourth-order valence-electron chi connectivity index (χ4n) is 1.96. The number of pyridine rings is 1. The maximum absolute atomic E-state index is 5.94. The quantitative estimate of drug-likeness (QED) is 0.808. The number of nitrogens with two attached hydrogens (primary N) is 1. The summed E-state index contributed by atoms with van der Waals surface area (Å²) in [4.78, 5) is 4.42. The molecule has 1 aromatic heterocycles. The fourth-order valence-corrected chi connectivity index (χ4v) is 2.45. The van der Waals surface area contributed by atoms with Gasteiger partial charge in [0, 0.05) is 10.7 Å². The Labute approximate surface area is 138 Å². The summed E-state index contributed by atoms with van der Waals surface area (Å²) in [6.45, 7) is 4.75. The van der Waals surface area contributed by atoms with Crippen molar-refractivity contribution in [2.75, 3.05) is 0 Å².